The highest BCUT2D eigenvalue weighted by molar-refractivity contribution is 4.80. The lowest BCUT2D eigenvalue weighted by atomic mass is 10.7. The number of aryl methyl sites for hydroxylation is 1. The first-order valence-corrected chi connectivity index (χ1v) is 2.43. The Morgan fingerprint density at radius 3 is 3.00 bits per heavy atom. The van der Waals surface area contributed by atoms with Crippen molar-refractivity contribution in [2.45, 2.75) is 13.5 Å². The van der Waals surface area contributed by atoms with Crippen molar-refractivity contribution in [1.29, 1.82) is 0 Å². The van der Waals surface area contributed by atoms with E-state index in [1.54, 1.807) is 0 Å². The first-order chi connectivity index (χ1) is 3.83. The Bertz CT molecular complexity index is 171. The van der Waals surface area contributed by atoms with Crippen LogP contribution in [0.4, 0.5) is 4.39 Å². The van der Waals surface area contributed by atoms with Crippen LogP contribution in [0, 0.1) is 12.0 Å². The van der Waals surface area contributed by atoms with Gasteiger partial charge in [0, 0.05) is 6.54 Å². The highest BCUT2D eigenvalue weighted by Crippen LogP contribution is 1.90. The molecule has 0 atom stereocenters. The normalized spacial score (nSPS) is 9.75. The molecule has 0 aliphatic carbocycles. The lowest BCUT2D eigenvalue weighted by Gasteiger charge is -1.87. The van der Waals surface area contributed by atoms with Crippen LogP contribution in [-0.4, -0.2) is 9.78 Å². The van der Waals surface area contributed by atoms with Gasteiger partial charge in [0.05, 0.1) is 6.20 Å². The van der Waals surface area contributed by atoms with E-state index in [1.807, 2.05) is 6.92 Å². The molecule has 1 rings (SSSR count). The Morgan fingerprint density at radius 1 is 2.00 bits per heavy atom. The van der Waals surface area contributed by atoms with Crippen LogP contribution < -0.4 is 0 Å². The fraction of sp³-hybridized carbons (Fsp3) is 0.400. The van der Waals surface area contributed by atoms with Crippen LogP contribution >= 0.6 is 0 Å². The van der Waals surface area contributed by atoms with Crippen LogP contribution in [0.15, 0.2) is 6.20 Å². The minimum atomic E-state index is -0.396. The van der Waals surface area contributed by atoms with Gasteiger partial charge in [0.25, 0.3) is 0 Å². The van der Waals surface area contributed by atoms with Gasteiger partial charge in [-0.25, -0.2) is 4.39 Å². The molecule has 1 radical (unpaired) electrons. The van der Waals surface area contributed by atoms with E-state index in [0.29, 0.717) is 6.54 Å². The summed E-state index contributed by atoms with van der Waals surface area (Å²) in [6, 6.07) is 0. The molecule has 0 saturated carbocycles. The molecule has 0 fully saturated rings. The number of halogens is 1. The maximum atomic E-state index is 12.0. The molecule has 0 bridgehead atoms. The smallest absolute Gasteiger partial charge is 0.170 e. The molecule has 1 heterocycles. The summed E-state index contributed by atoms with van der Waals surface area (Å²) in [6.07, 6.45) is 3.47. The van der Waals surface area contributed by atoms with Crippen molar-refractivity contribution in [3.8, 4) is 0 Å². The van der Waals surface area contributed by atoms with Crippen LogP contribution in [0.3, 0.4) is 0 Å². The van der Waals surface area contributed by atoms with E-state index >= 15 is 0 Å². The summed E-state index contributed by atoms with van der Waals surface area (Å²) < 4.78 is 13.5. The molecule has 0 unspecified atom stereocenters. The molecule has 0 N–H and O–H groups in total. The lowest BCUT2D eigenvalue weighted by Crippen LogP contribution is -1.91. The summed E-state index contributed by atoms with van der Waals surface area (Å²) in [7, 11) is 0. The van der Waals surface area contributed by atoms with Gasteiger partial charge in [0.2, 0.25) is 0 Å². The molecule has 8 heavy (non-hydrogen) atoms. The zero-order valence-electron chi connectivity index (χ0n) is 4.56. The fourth-order valence-electron chi connectivity index (χ4n) is 0.463. The van der Waals surface area contributed by atoms with Crippen molar-refractivity contribution in [3.05, 3.63) is 18.2 Å². The molecule has 1 aromatic heterocycles. The van der Waals surface area contributed by atoms with Gasteiger partial charge in [-0.2, -0.15) is 5.10 Å². The molecule has 2 nitrogen and oxygen atoms in total. The van der Waals surface area contributed by atoms with E-state index in [-0.39, 0.29) is 0 Å². The predicted molar refractivity (Wildman–Crippen MR) is 26.7 cm³/mol. The largest absolute Gasteiger partial charge is 0.269 e. The fourth-order valence-corrected chi connectivity index (χ4v) is 0.463. The molecule has 3 heteroatoms. The van der Waals surface area contributed by atoms with Gasteiger partial charge in [0.1, 0.15) is 0 Å². The van der Waals surface area contributed by atoms with Gasteiger partial charge >= 0.3 is 0 Å². The van der Waals surface area contributed by atoms with Crippen LogP contribution in [0.5, 0.6) is 0 Å². The van der Waals surface area contributed by atoms with Crippen LogP contribution in [-0.2, 0) is 6.54 Å². The van der Waals surface area contributed by atoms with Crippen molar-refractivity contribution in [2.24, 2.45) is 0 Å². The Balaban J connectivity index is 2.84. The average Bonchev–Trinajstić information content (AvgIpc) is 2.14. The number of nitrogens with zero attached hydrogens (tertiary/aromatic N) is 2. The standard InChI is InChI=1S/C5H6FN2/c1-2-8-4-5(6)3-7-8/h4H,2H2,1H3. The summed E-state index contributed by atoms with van der Waals surface area (Å²) in [5.41, 5.74) is 0. The molecule has 43 valence electrons. The number of hydrogen-bond acceptors (Lipinski definition) is 1. The monoisotopic (exact) mass is 113 g/mol. The summed E-state index contributed by atoms with van der Waals surface area (Å²) >= 11 is 0. The number of hydrogen-bond donors (Lipinski definition) is 0. The Labute approximate surface area is 46.9 Å². The van der Waals surface area contributed by atoms with Gasteiger partial charge in [-0.15, -0.1) is 0 Å². The molecular formula is C5H6FN2. The minimum Gasteiger partial charge on any atom is -0.269 e. The molecule has 0 aromatic carbocycles. The van der Waals surface area contributed by atoms with Crippen LogP contribution in [0.2, 0.25) is 0 Å². The van der Waals surface area contributed by atoms with Crippen molar-refractivity contribution in [2.75, 3.05) is 0 Å². The first kappa shape index (κ1) is 5.28. The van der Waals surface area contributed by atoms with Gasteiger partial charge in [-0.1, -0.05) is 0 Å². The van der Waals surface area contributed by atoms with E-state index in [2.05, 4.69) is 11.3 Å². The second-order valence-electron chi connectivity index (χ2n) is 1.44. The molecule has 0 aliphatic heterocycles. The minimum absolute atomic E-state index is 0.396. The van der Waals surface area contributed by atoms with Crippen molar-refractivity contribution < 1.29 is 4.39 Å². The van der Waals surface area contributed by atoms with E-state index in [4.69, 9.17) is 0 Å². The molecule has 0 spiro atoms. The molecular weight excluding hydrogens is 107 g/mol. The van der Waals surface area contributed by atoms with E-state index < -0.39 is 5.82 Å². The maximum absolute atomic E-state index is 12.0. The lowest BCUT2D eigenvalue weighted by molar-refractivity contribution is 0.614. The molecule has 0 amide bonds. The second-order valence-corrected chi connectivity index (χ2v) is 1.44. The van der Waals surface area contributed by atoms with Crippen LogP contribution in [0.25, 0.3) is 0 Å². The topological polar surface area (TPSA) is 17.8 Å². The highest BCUT2D eigenvalue weighted by Gasteiger charge is 1.91. The Hall–Kier alpha value is -0.860. The number of aromatic nitrogens is 2. The second kappa shape index (κ2) is 1.94. The maximum Gasteiger partial charge on any atom is 0.170 e. The van der Waals surface area contributed by atoms with Gasteiger partial charge in [-0.3, -0.25) is 4.68 Å². The Morgan fingerprint density at radius 2 is 2.75 bits per heavy atom. The zero-order chi connectivity index (χ0) is 5.98. The third-order valence-electron chi connectivity index (χ3n) is 0.872. The predicted octanol–water partition coefficient (Wildman–Crippen LogP) is 0.842. The highest BCUT2D eigenvalue weighted by atomic mass is 19.1. The summed E-state index contributed by atoms with van der Waals surface area (Å²) in [5.74, 6) is -0.396. The summed E-state index contributed by atoms with van der Waals surface area (Å²) in [4.78, 5) is 0. The molecule has 0 aliphatic rings. The van der Waals surface area contributed by atoms with E-state index in [0.717, 1.165) is 0 Å². The van der Waals surface area contributed by atoms with Crippen molar-refractivity contribution >= 4 is 0 Å². The van der Waals surface area contributed by atoms with E-state index in [1.165, 1.54) is 10.9 Å². The first-order valence-electron chi connectivity index (χ1n) is 2.43. The number of rotatable bonds is 1. The average molecular weight is 113 g/mol. The van der Waals surface area contributed by atoms with Crippen LogP contribution in [0.1, 0.15) is 6.92 Å². The molecule has 0 saturated heterocycles. The summed E-state index contributed by atoms with van der Waals surface area (Å²) in [6.45, 7) is 2.58. The third-order valence-corrected chi connectivity index (χ3v) is 0.872. The van der Waals surface area contributed by atoms with Gasteiger partial charge < -0.3 is 0 Å². The van der Waals surface area contributed by atoms with Crippen molar-refractivity contribution in [3.63, 3.8) is 0 Å². The quantitative estimate of drug-likeness (QED) is 0.527. The van der Waals surface area contributed by atoms with E-state index in [9.17, 15) is 4.39 Å². The van der Waals surface area contributed by atoms with Gasteiger partial charge in [0.15, 0.2) is 12.0 Å². The third kappa shape index (κ3) is 0.857. The summed E-state index contributed by atoms with van der Waals surface area (Å²) in [5, 5.41) is 3.55. The molecule has 1 aromatic rings. The SMILES string of the molecule is CCn1cc(F)[c]n1. The zero-order valence-corrected chi connectivity index (χ0v) is 4.56. The van der Waals surface area contributed by atoms with Crippen molar-refractivity contribution in [1.82, 2.24) is 9.78 Å². The van der Waals surface area contributed by atoms with Gasteiger partial charge in [-0.05, 0) is 6.92 Å². The Kier molecular flexibility index (Phi) is 1.28.